The van der Waals surface area contributed by atoms with E-state index in [1.165, 1.54) is 11.8 Å². The van der Waals surface area contributed by atoms with E-state index in [2.05, 4.69) is 32.6 Å². The number of fused-ring (bicyclic) bond motifs is 1. The summed E-state index contributed by atoms with van der Waals surface area (Å²) in [6, 6.07) is 19.4. The highest BCUT2D eigenvalue weighted by Gasteiger charge is 2.19. The van der Waals surface area contributed by atoms with Crippen LogP contribution in [0.1, 0.15) is 24.1 Å². The highest BCUT2D eigenvalue weighted by atomic mass is 32.2. The summed E-state index contributed by atoms with van der Waals surface area (Å²) < 4.78 is 12.8. The minimum atomic E-state index is -0.171. The molecule has 3 heterocycles. The Balaban J connectivity index is 1.29. The highest BCUT2D eigenvalue weighted by molar-refractivity contribution is 7.99. The molecule has 1 unspecified atom stereocenters. The lowest BCUT2D eigenvalue weighted by molar-refractivity contribution is -0.119. The fourth-order valence-electron chi connectivity index (χ4n) is 3.69. The first-order chi connectivity index (χ1) is 16.7. The maximum absolute atomic E-state index is 12.7. The van der Waals surface area contributed by atoms with Crippen molar-refractivity contribution >= 4 is 17.7 Å². The van der Waals surface area contributed by atoms with Crippen LogP contribution in [0, 0.1) is 0 Å². The van der Waals surface area contributed by atoms with E-state index in [1.807, 2.05) is 60.0 Å². The molecule has 0 bridgehead atoms. The van der Waals surface area contributed by atoms with Crippen molar-refractivity contribution in [3.63, 3.8) is 0 Å². The van der Waals surface area contributed by atoms with Crippen LogP contribution >= 0.6 is 11.8 Å². The number of rotatable bonds is 8. The van der Waals surface area contributed by atoms with Gasteiger partial charge >= 0.3 is 0 Å². The number of pyridine rings is 1. The van der Waals surface area contributed by atoms with E-state index >= 15 is 0 Å². The molecule has 0 spiro atoms. The van der Waals surface area contributed by atoms with E-state index in [4.69, 9.17) is 9.47 Å². The van der Waals surface area contributed by atoms with E-state index < -0.39 is 0 Å². The summed E-state index contributed by atoms with van der Waals surface area (Å²) in [6.45, 7) is 2.76. The number of benzene rings is 2. The number of carbonyl (C=O) groups is 1. The standard InChI is InChI=1S/C25H23N5O3S/c1-17(19-9-10-21-22(12-19)33-16-32-21)27-23(31)15-34-25-29-28-24(20-8-5-11-26-13-20)30(25)14-18-6-3-2-4-7-18/h2-13,17H,14-16H2,1H3,(H,27,31). The molecule has 172 valence electrons. The zero-order valence-electron chi connectivity index (χ0n) is 18.5. The van der Waals surface area contributed by atoms with Gasteiger partial charge in [0.25, 0.3) is 0 Å². The molecule has 0 radical (unpaired) electrons. The van der Waals surface area contributed by atoms with Crippen LogP contribution in [0.25, 0.3) is 11.4 Å². The van der Waals surface area contributed by atoms with Gasteiger partial charge in [-0.3, -0.25) is 14.3 Å². The Labute approximate surface area is 201 Å². The van der Waals surface area contributed by atoms with Crippen molar-refractivity contribution in [3.05, 3.63) is 84.2 Å². The number of hydrogen-bond acceptors (Lipinski definition) is 7. The normalized spacial score (nSPS) is 13.0. The van der Waals surface area contributed by atoms with Gasteiger partial charge < -0.3 is 14.8 Å². The van der Waals surface area contributed by atoms with Crippen LogP contribution in [0.5, 0.6) is 11.5 Å². The Morgan fingerprint density at radius 2 is 1.94 bits per heavy atom. The topological polar surface area (TPSA) is 91.2 Å². The molecule has 1 atom stereocenters. The lowest BCUT2D eigenvalue weighted by Gasteiger charge is -2.15. The summed E-state index contributed by atoms with van der Waals surface area (Å²) in [5.74, 6) is 2.26. The SMILES string of the molecule is CC(NC(=O)CSc1nnc(-c2cccnc2)n1Cc1ccccc1)c1ccc2c(c1)OCO2. The molecule has 34 heavy (non-hydrogen) atoms. The molecule has 2 aromatic heterocycles. The number of amides is 1. The molecule has 1 N–H and O–H groups in total. The minimum absolute atomic E-state index is 0.0904. The van der Waals surface area contributed by atoms with Crippen molar-refractivity contribution in [2.45, 2.75) is 24.7 Å². The quantitative estimate of drug-likeness (QED) is 0.386. The second kappa shape index (κ2) is 9.96. The Morgan fingerprint density at radius 1 is 1.09 bits per heavy atom. The highest BCUT2D eigenvalue weighted by Crippen LogP contribution is 2.34. The summed E-state index contributed by atoms with van der Waals surface area (Å²) in [4.78, 5) is 16.9. The Kier molecular flexibility index (Phi) is 6.44. The van der Waals surface area contributed by atoms with Gasteiger partial charge in [-0.2, -0.15) is 0 Å². The minimum Gasteiger partial charge on any atom is -0.454 e. The number of nitrogens with zero attached hydrogens (tertiary/aromatic N) is 4. The molecule has 0 fully saturated rings. The number of aromatic nitrogens is 4. The maximum atomic E-state index is 12.7. The third kappa shape index (κ3) is 4.89. The van der Waals surface area contributed by atoms with Gasteiger partial charge in [-0.05, 0) is 42.3 Å². The van der Waals surface area contributed by atoms with E-state index in [0.717, 1.165) is 22.4 Å². The predicted molar refractivity (Wildman–Crippen MR) is 129 cm³/mol. The van der Waals surface area contributed by atoms with E-state index in [-0.39, 0.29) is 24.5 Å². The molecule has 1 amide bonds. The van der Waals surface area contributed by atoms with Crippen LogP contribution in [0.4, 0.5) is 0 Å². The van der Waals surface area contributed by atoms with Gasteiger partial charge in [0.2, 0.25) is 12.7 Å². The largest absolute Gasteiger partial charge is 0.454 e. The van der Waals surface area contributed by atoms with Gasteiger partial charge in [0.15, 0.2) is 22.5 Å². The predicted octanol–water partition coefficient (Wildman–Crippen LogP) is 4.09. The van der Waals surface area contributed by atoms with Crippen molar-refractivity contribution in [1.82, 2.24) is 25.1 Å². The molecule has 0 saturated heterocycles. The molecule has 0 saturated carbocycles. The van der Waals surface area contributed by atoms with Crippen molar-refractivity contribution in [3.8, 4) is 22.9 Å². The average Bonchev–Trinajstić information content (AvgIpc) is 3.50. The van der Waals surface area contributed by atoms with Gasteiger partial charge in [-0.15, -0.1) is 10.2 Å². The lowest BCUT2D eigenvalue weighted by Crippen LogP contribution is -2.28. The summed E-state index contributed by atoms with van der Waals surface area (Å²) in [5, 5.41) is 12.5. The van der Waals surface area contributed by atoms with E-state index in [0.29, 0.717) is 23.3 Å². The third-order valence-electron chi connectivity index (χ3n) is 5.43. The number of nitrogens with one attached hydrogen (secondary N) is 1. The van der Waals surface area contributed by atoms with Crippen LogP contribution < -0.4 is 14.8 Å². The zero-order chi connectivity index (χ0) is 23.3. The Morgan fingerprint density at radius 3 is 2.76 bits per heavy atom. The number of hydrogen-bond donors (Lipinski definition) is 1. The van der Waals surface area contributed by atoms with Gasteiger partial charge in [0.05, 0.1) is 18.3 Å². The van der Waals surface area contributed by atoms with Crippen LogP contribution in [-0.4, -0.2) is 38.2 Å². The maximum Gasteiger partial charge on any atom is 0.231 e. The number of carbonyl (C=O) groups excluding carboxylic acids is 1. The summed E-state index contributed by atoms with van der Waals surface area (Å²) in [5.41, 5.74) is 2.95. The fourth-order valence-corrected chi connectivity index (χ4v) is 4.44. The second-order valence-electron chi connectivity index (χ2n) is 7.81. The van der Waals surface area contributed by atoms with Crippen LogP contribution in [0.15, 0.2) is 78.2 Å². The third-order valence-corrected chi connectivity index (χ3v) is 6.39. The smallest absolute Gasteiger partial charge is 0.231 e. The number of ether oxygens (including phenoxy) is 2. The first-order valence-electron chi connectivity index (χ1n) is 10.9. The van der Waals surface area contributed by atoms with Crippen molar-refractivity contribution in [1.29, 1.82) is 0 Å². The molecule has 8 nitrogen and oxygen atoms in total. The lowest BCUT2D eigenvalue weighted by atomic mass is 10.1. The van der Waals surface area contributed by atoms with Gasteiger partial charge in [0.1, 0.15) is 0 Å². The molecule has 1 aliphatic rings. The van der Waals surface area contributed by atoms with E-state index in [1.54, 1.807) is 12.4 Å². The zero-order valence-corrected chi connectivity index (χ0v) is 19.4. The molecular weight excluding hydrogens is 450 g/mol. The van der Waals surface area contributed by atoms with E-state index in [9.17, 15) is 4.79 Å². The summed E-state index contributed by atoms with van der Waals surface area (Å²) >= 11 is 1.36. The van der Waals surface area contributed by atoms with Crippen LogP contribution in [0.2, 0.25) is 0 Å². The average molecular weight is 474 g/mol. The fraction of sp³-hybridized carbons (Fsp3) is 0.200. The molecule has 0 aliphatic carbocycles. The van der Waals surface area contributed by atoms with Gasteiger partial charge in [0, 0.05) is 18.0 Å². The van der Waals surface area contributed by atoms with Crippen LogP contribution in [0.3, 0.4) is 0 Å². The van der Waals surface area contributed by atoms with Crippen molar-refractivity contribution in [2.24, 2.45) is 0 Å². The Hall–Kier alpha value is -3.85. The molecular formula is C25H23N5O3S. The monoisotopic (exact) mass is 473 g/mol. The van der Waals surface area contributed by atoms with Crippen molar-refractivity contribution in [2.75, 3.05) is 12.5 Å². The molecule has 4 aromatic rings. The first kappa shape index (κ1) is 22.0. The number of thioether (sulfide) groups is 1. The second-order valence-corrected chi connectivity index (χ2v) is 8.75. The molecule has 1 aliphatic heterocycles. The van der Waals surface area contributed by atoms with Crippen molar-refractivity contribution < 1.29 is 14.3 Å². The molecule has 9 heteroatoms. The first-order valence-corrected chi connectivity index (χ1v) is 11.8. The van der Waals surface area contributed by atoms with Gasteiger partial charge in [-0.25, -0.2) is 0 Å². The Bertz CT molecular complexity index is 1280. The molecule has 2 aromatic carbocycles. The van der Waals surface area contributed by atoms with Crippen LogP contribution in [-0.2, 0) is 11.3 Å². The molecule has 5 rings (SSSR count). The summed E-state index contributed by atoms with van der Waals surface area (Å²) in [6.07, 6.45) is 3.49. The van der Waals surface area contributed by atoms with Gasteiger partial charge in [-0.1, -0.05) is 48.2 Å². The summed E-state index contributed by atoms with van der Waals surface area (Å²) in [7, 11) is 0.